The molecule has 0 amide bonds. The number of aryl methyl sites for hydroxylation is 1. The largest absolute Gasteiger partial charge is 0.460 e. The van der Waals surface area contributed by atoms with E-state index in [1.807, 2.05) is 20.8 Å². The van der Waals surface area contributed by atoms with Gasteiger partial charge in [0.2, 0.25) is 0 Å². The number of benzene rings is 1. The Balaban J connectivity index is 1.93. The molecule has 0 saturated heterocycles. The van der Waals surface area contributed by atoms with E-state index in [0.29, 0.717) is 6.42 Å². The van der Waals surface area contributed by atoms with Gasteiger partial charge in [-0.2, -0.15) is 0 Å². The summed E-state index contributed by atoms with van der Waals surface area (Å²) in [7, 11) is 0. The van der Waals surface area contributed by atoms with Crippen LogP contribution in [0.5, 0.6) is 0 Å². The van der Waals surface area contributed by atoms with Crippen LogP contribution in [-0.2, 0) is 16.0 Å². The Morgan fingerprint density at radius 1 is 1.32 bits per heavy atom. The number of ether oxygens (including phenoxy) is 1. The summed E-state index contributed by atoms with van der Waals surface area (Å²) in [6.45, 7) is 7.48. The molecule has 0 bridgehead atoms. The highest BCUT2D eigenvalue weighted by Gasteiger charge is 2.19. The molecule has 0 atom stereocenters. The van der Waals surface area contributed by atoms with Crippen LogP contribution < -0.4 is 4.90 Å². The fourth-order valence-electron chi connectivity index (χ4n) is 2.46. The monoisotopic (exact) mass is 261 g/mol. The first-order valence-corrected chi connectivity index (χ1v) is 7.00. The van der Waals surface area contributed by atoms with E-state index >= 15 is 0 Å². The highest BCUT2D eigenvalue weighted by atomic mass is 16.6. The van der Waals surface area contributed by atoms with E-state index in [-0.39, 0.29) is 5.97 Å². The predicted molar refractivity (Wildman–Crippen MR) is 77.4 cm³/mol. The number of hydrogen-bond donors (Lipinski definition) is 0. The van der Waals surface area contributed by atoms with E-state index in [9.17, 15) is 4.79 Å². The van der Waals surface area contributed by atoms with Gasteiger partial charge in [0, 0.05) is 18.8 Å². The van der Waals surface area contributed by atoms with Crippen LogP contribution in [0.15, 0.2) is 24.3 Å². The molecule has 3 heteroatoms. The standard InChI is InChI=1S/C16H23NO2/c1-16(2,3)19-15(18)10-12-17-11-6-8-13-7-4-5-9-14(13)17/h4-5,7,9H,6,8,10-12H2,1-3H3. The van der Waals surface area contributed by atoms with Crippen molar-refractivity contribution in [2.75, 3.05) is 18.0 Å². The molecular formula is C16H23NO2. The minimum atomic E-state index is -0.392. The third-order valence-corrected chi connectivity index (χ3v) is 3.21. The minimum absolute atomic E-state index is 0.115. The molecule has 0 spiro atoms. The van der Waals surface area contributed by atoms with Gasteiger partial charge < -0.3 is 9.64 Å². The molecule has 2 rings (SSSR count). The zero-order chi connectivity index (χ0) is 13.9. The van der Waals surface area contributed by atoms with Crippen molar-refractivity contribution in [3.05, 3.63) is 29.8 Å². The number of anilines is 1. The maximum atomic E-state index is 11.8. The lowest BCUT2D eigenvalue weighted by Gasteiger charge is -2.31. The topological polar surface area (TPSA) is 29.5 Å². The van der Waals surface area contributed by atoms with Gasteiger partial charge in [-0.25, -0.2) is 0 Å². The predicted octanol–water partition coefficient (Wildman–Crippen LogP) is 3.17. The van der Waals surface area contributed by atoms with E-state index in [4.69, 9.17) is 4.74 Å². The second-order valence-corrected chi connectivity index (χ2v) is 6.06. The Morgan fingerprint density at radius 2 is 2.05 bits per heavy atom. The summed E-state index contributed by atoms with van der Waals surface area (Å²) < 4.78 is 5.35. The van der Waals surface area contributed by atoms with E-state index in [2.05, 4.69) is 29.2 Å². The molecule has 0 N–H and O–H groups in total. The van der Waals surface area contributed by atoms with Crippen molar-refractivity contribution < 1.29 is 9.53 Å². The first-order valence-electron chi connectivity index (χ1n) is 7.00. The van der Waals surface area contributed by atoms with Crippen molar-refractivity contribution in [2.45, 2.75) is 45.6 Å². The van der Waals surface area contributed by atoms with Crippen LogP contribution in [0.2, 0.25) is 0 Å². The Hall–Kier alpha value is -1.51. The SMILES string of the molecule is CC(C)(C)OC(=O)CCN1CCCc2ccccc21. The van der Waals surface area contributed by atoms with Crippen molar-refractivity contribution in [3.63, 3.8) is 0 Å². The van der Waals surface area contributed by atoms with Gasteiger partial charge >= 0.3 is 5.97 Å². The maximum Gasteiger partial charge on any atom is 0.308 e. The molecule has 1 aliphatic rings. The number of carbonyl (C=O) groups is 1. The third kappa shape index (κ3) is 3.98. The maximum absolute atomic E-state index is 11.8. The van der Waals surface area contributed by atoms with Gasteiger partial charge in [0.1, 0.15) is 5.60 Å². The molecule has 1 aromatic rings. The van der Waals surface area contributed by atoms with Crippen molar-refractivity contribution in [1.29, 1.82) is 0 Å². The average Bonchev–Trinajstić information content (AvgIpc) is 2.34. The normalized spacial score (nSPS) is 15.0. The Labute approximate surface area is 115 Å². The van der Waals surface area contributed by atoms with Crippen molar-refractivity contribution in [2.24, 2.45) is 0 Å². The van der Waals surface area contributed by atoms with E-state index in [1.54, 1.807) is 0 Å². The lowest BCUT2D eigenvalue weighted by Crippen LogP contribution is -2.33. The summed E-state index contributed by atoms with van der Waals surface area (Å²) >= 11 is 0. The van der Waals surface area contributed by atoms with Crippen LogP contribution in [0.1, 0.15) is 39.2 Å². The molecule has 0 aromatic heterocycles. The number of esters is 1. The molecule has 1 aliphatic heterocycles. The molecular weight excluding hydrogens is 238 g/mol. The van der Waals surface area contributed by atoms with Gasteiger partial charge in [-0.1, -0.05) is 18.2 Å². The highest BCUT2D eigenvalue weighted by molar-refractivity contribution is 5.71. The lowest BCUT2D eigenvalue weighted by atomic mass is 10.0. The first kappa shape index (κ1) is 13.9. The van der Waals surface area contributed by atoms with Crippen LogP contribution in [0.3, 0.4) is 0 Å². The number of para-hydroxylation sites is 1. The van der Waals surface area contributed by atoms with Gasteiger partial charge in [-0.3, -0.25) is 4.79 Å². The second-order valence-electron chi connectivity index (χ2n) is 6.06. The van der Waals surface area contributed by atoms with Gasteiger partial charge in [0.25, 0.3) is 0 Å². The lowest BCUT2D eigenvalue weighted by molar-refractivity contribution is -0.154. The number of fused-ring (bicyclic) bond motifs is 1. The minimum Gasteiger partial charge on any atom is -0.460 e. The second kappa shape index (κ2) is 5.64. The summed E-state index contributed by atoms with van der Waals surface area (Å²) in [5.74, 6) is -0.115. The summed E-state index contributed by atoms with van der Waals surface area (Å²) in [6, 6.07) is 8.46. The molecule has 0 fully saturated rings. The van der Waals surface area contributed by atoms with Crippen molar-refractivity contribution in [1.82, 2.24) is 0 Å². The first-order chi connectivity index (χ1) is 8.96. The molecule has 3 nitrogen and oxygen atoms in total. The zero-order valence-corrected chi connectivity index (χ0v) is 12.1. The highest BCUT2D eigenvalue weighted by Crippen LogP contribution is 2.26. The Bertz CT molecular complexity index is 448. The van der Waals surface area contributed by atoms with Gasteiger partial charge in [0.15, 0.2) is 0 Å². The van der Waals surface area contributed by atoms with Crippen LogP contribution >= 0.6 is 0 Å². The van der Waals surface area contributed by atoms with Crippen LogP contribution in [0.4, 0.5) is 5.69 Å². The number of hydrogen-bond acceptors (Lipinski definition) is 3. The zero-order valence-electron chi connectivity index (χ0n) is 12.1. The molecule has 0 unspecified atom stereocenters. The number of carbonyl (C=O) groups excluding carboxylic acids is 1. The van der Waals surface area contributed by atoms with Crippen LogP contribution in [0, 0.1) is 0 Å². The van der Waals surface area contributed by atoms with Crippen molar-refractivity contribution >= 4 is 11.7 Å². The van der Waals surface area contributed by atoms with Gasteiger partial charge in [-0.05, 0) is 45.2 Å². The summed E-state index contributed by atoms with van der Waals surface area (Å²) in [4.78, 5) is 14.1. The molecule has 1 heterocycles. The molecule has 104 valence electrons. The van der Waals surface area contributed by atoms with Crippen LogP contribution in [0.25, 0.3) is 0 Å². The summed E-state index contributed by atoms with van der Waals surface area (Å²) in [6.07, 6.45) is 2.75. The fraction of sp³-hybridized carbons (Fsp3) is 0.562. The van der Waals surface area contributed by atoms with Gasteiger partial charge in [-0.15, -0.1) is 0 Å². The van der Waals surface area contributed by atoms with Crippen LogP contribution in [-0.4, -0.2) is 24.7 Å². The molecule has 0 aliphatic carbocycles. The van der Waals surface area contributed by atoms with E-state index in [0.717, 1.165) is 25.9 Å². The quantitative estimate of drug-likeness (QED) is 0.783. The molecule has 1 aromatic carbocycles. The number of rotatable bonds is 3. The molecule has 0 radical (unpaired) electrons. The fourth-order valence-corrected chi connectivity index (χ4v) is 2.46. The van der Waals surface area contributed by atoms with Crippen molar-refractivity contribution in [3.8, 4) is 0 Å². The van der Waals surface area contributed by atoms with Gasteiger partial charge in [0.05, 0.1) is 6.42 Å². The van der Waals surface area contributed by atoms with E-state index in [1.165, 1.54) is 11.3 Å². The van der Waals surface area contributed by atoms with E-state index < -0.39 is 5.60 Å². The Kier molecular flexibility index (Phi) is 4.13. The summed E-state index contributed by atoms with van der Waals surface area (Å²) in [5.41, 5.74) is 2.27. The third-order valence-electron chi connectivity index (χ3n) is 3.21. The molecule has 0 saturated carbocycles. The average molecular weight is 261 g/mol. The summed E-state index contributed by atoms with van der Waals surface area (Å²) in [5, 5.41) is 0. The number of nitrogens with zero attached hydrogens (tertiary/aromatic N) is 1. The molecule has 19 heavy (non-hydrogen) atoms. The smallest absolute Gasteiger partial charge is 0.308 e. The Morgan fingerprint density at radius 3 is 2.79 bits per heavy atom.